The molecule has 150 valence electrons. The summed E-state index contributed by atoms with van der Waals surface area (Å²) in [5.41, 5.74) is 4.76. The second-order valence-corrected chi connectivity index (χ2v) is 7.60. The Kier molecular flexibility index (Phi) is 6.24. The fourth-order valence-corrected chi connectivity index (χ4v) is 3.55. The van der Waals surface area contributed by atoms with Crippen LogP contribution in [0.25, 0.3) is 10.9 Å². The highest BCUT2D eigenvalue weighted by molar-refractivity contribution is 9.10. The average molecular weight is 478 g/mol. The van der Waals surface area contributed by atoms with Crippen molar-refractivity contribution in [3.63, 3.8) is 0 Å². The van der Waals surface area contributed by atoms with Gasteiger partial charge in [0.05, 0.1) is 11.2 Å². The molecule has 0 bridgehead atoms. The number of amides is 3. The van der Waals surface area contributed by atoms with Crippen LogP contribution in [0.2, 0.25) is 5.02 Å². The van der Waals surface area contributed by atoms with E-state index in [0.717, 1.165) is 10.0 Å². The number of hydrogen-bond acceptors (Lipinski definition) is 3. The lowest BCUT2D eigenvalue weighted by Crippen LogP contribution is -2.39. The Morgan fingerprint density at radius 1 is 1.07 bits per heavy atom. The van der Waals surface area contributed by atoms with Gasteiger partial charge in [-0.15, -0.1) is 0 Å². The highest BCUT2D eigenvalue weighted by Crippen LogP contribution is 2.26. The molecule has 0 aliphatic carbocycles. The third-order valence-electron chi connectivity index (χ3n) is 4.13. The lowest BCUT2D eigenvalue weighted by molar-refractivity contribution is -0.136. The molecule has 3 amide bonds. The SMILES string of the molecule is CCNC(=O)C(=O)Nn1c(C(=O)Nc2ccc(C)cc2Br)cc2cc(Cl)ccc21. The topological polar surface area (TPSA) is 92.2 Å². The Morgan fingerprint density at radius 3 is 2.52 bits per heavy atom. The Bertz CT molecular complexity index is 1130. The molecule has 3 rings (SSSR count). The monoisotopic (exact) mass is 476 g/mol. The van der Waals surface area contributed by atoms with Crippen LogP contribution in [0, 0.1) is 6.92 Å². The van der Waals surface area contributed by atoms with Gasteiger partial charge < -0.3 is 10.6 Å². The van der Waals surface area contributed by atoms with E-state index >= 15 is 0 Å². The highest BCUT2D eigenvalue weighted by atomic mass is 79.9. The minimum atomic E-state index is -0.884. The lowest BCUT2D eigenvalue weighted by Gasteiger charge is -2.13. The van der Waals surface area contributed by atoms with Gasteiger partial charge in [-0.25, -0.2) is 4.68 Å². The molecule has 0 saturated heterocycles. The summed E-state index contributed by atoms with van der Waals surface area (Å²) in [4.78, 5) is 37.0. The predicted octanol–water partition coefficient (Wildman–Crippen LogP) is 3.82. The van der Waals surface area contributed by atoms with Crippen molar-refractivity contribution in [2.24, 2.45) is 0 Å². The zero-order chi connectivity index (χ0) is 21.1. The van der Waals surface area contributed by atoms with Crippen molar-refractivity contribution in [2.75, 3.05) is 17.3 Å². The summed E-state index contributed by atoms with van der Waals surface area (Å²) in [5.74, 6) is -2.14. The van der Waals surface area contributed by atoms with Crippen molar-refractivity contribution in [1.29, 1.82) is 0 Å². The number of likely N-dealkylation sites (N-methyl/N-ethyl adjacent to an activating group) is 1. The van der Waals surface area contributed by atoms with Crippen molar-refractivity contribution >= 4 is 61.8 Å². The molecule has 0 radical (unpaired) electrons. The van der Waals surface area contributed by atoms with Gasteiger partial charge in [-0.05, 0) is 71.7 Å². The summed E-state index contributed by atoms with van der Waals surface area (Å²) >= 11 is 9.48. The number of carbonyl (C=O) groups is 3. The summed E-state index contributed by atoms with van der Waals surface area (Å²) < 4.78 is 2.00. The maximum atomic E-state index is 13.0. The Labute approximate surface area is 180 Å². The van der Waals surface area contributed by atoms with Crippen LogP contribution >= 0.6 is 27.5 Å². The lowest BCUT2D eigenvalue weighted by atomic mass is 10.2. The van der Waals surface area contributed by atoms with Crippen LogP contribution in [0.4, 0.5) is 5.69 Å². The average Bonchev–Trinajstić information content (AvgIpc) is 3.01. The molecule has 7 nitrogen and oxygen atoms in total. The number of aromatic nitrogens is 1. The summed E-state index contributed by atoms with van der Waals surface area (Å²) in [5, 5.41) is 6.35. The summed E-state index contributed by atoms with van der Waals surface area (Å²) in [6.45, 7) is 3.95. The summed E-state index contributed by atoms with van der Waals surface area (Å²) in [6.07, 6.45) is 0. The van der Waals surface area contributed by atoms with E-state index in [9.17, 15) is 14.4 Å². The molecule has 2 aromatic carbocycles. The second-order valence-electron chi connectivity index (χ2n) is 6.31. The Hall–Kier alpha value is -2.84. The molecule has 0 aliphatic heterocycles. The minimum Gasteiger partial charge on any atom is -0.348 e. The van der Waals surface area contributed by atoms with Crippen molar-refractivity contribution in [1.82, 2.24) is 9.99 Å². The van der Waals surface area contributed by atoms with Crippen LogP contribution in [0.3, 0.4) is 0 Å². The van der Waals surface area contributed by atoms with Crippen molar-refractivity contribution in [2.45, 2.75) is 13.8 Å². The molecule has 1 aromatic heterocycles. The van der Waals surface area contributed by atoms with Crippen LogP contribution in [-0.4, -0.2) is 28.9 Å². The molecule has 0 atom stereocenters. The number of fused-ring (bicyclic) bond motifs is 1. The second kappa shape index (κ2) is 8.67. The van der Waals surface area contributed by atoms with E-state index in [0.29, 0.717) is 28.2 Å². The molecule has 0 saturated carbocycles. The quantitative estimate of drug-likeness (QED) is 0.499. The van der Waals surface area contributed by atoms with Gasteiger partial charge in [0.25, 0.3) is 5.91 Å². The van der Waals surface area contributed by atoms with Crippen molar-refractivity contribution in [3.05, 3.63) is 63.2 Å². The number of nitrogens with one attached hydrogen (secondary N) is 3. The third-order valence-corrected chi connectivity index (χ3v) is 5.02. The first-order valence-electron chi connectivity index (χ1n) is 8.78. The molecule has 0 fully saturated rings. The molecule has 0 aliphatic rings. The first-order chi connectivity index (χ1) is 13.8. The van der Waals surface area contributed by atoms with Crippen molar-refractivity contribution < 1.29 is 14.4 Å². The number of rotatable bonds is 4. The maximum absolute atomic E-state index is 13.0. The smallest absolute Gasteiger partial charge is 0.328 e. The van der Waals surface area contributed by atoms with E-state index in [1.54, 1.807) is 37.3 Å². The molecule has 3 N–H and O–H groups in total. The molecule has 0 spiro atoms. The number of hydrogen-bond donors (Lipinski definition) is 3. The molecule has 29 heavy (non-hydrogen) atoms. The van der Waals surface area contributed by atoms with Crippen molar-refractivity contribution in [3.8, 4) is 0 Å². The standard InChI is InChI=1S/C20H18BrClN4O3/c1-3-23-19(28)20(29)25-26-16-7-5-13(22)9-12(16)10-17(26)18(27)24-15-6-4-11(2)8-14(15)21/h4-10H,3H2,1-2H3,(H,23,28)(H,24,27)(H,25,29). The van der Waals surface area contributed by atoms with Gasteiger partial charge in [-0.1, -0.05) is 17.7 Å². The zero-order valence-electron chi connectivity index (χ0n) is 15.7. The largest absolute Gasteiger partial charge is 0.348 e. The summed E-state index contributed by atoms with van der Waals surface area (Å²) in [7, 11) is 0. The van der Waals surface area contributed by atoms with Gasteiger partial charge in [0, 0.05) is 21.4 Å². The van der Waals surface area contributed by atoms with Gasteiger partial charge in [-0.2, -0.15) is 0 Å². The Morgan fingerprint density at radius 2 is 1.83 bits per heavy atom. The fraction of sp³-hybridized carbons (Fsp3) is 0.150. The summed E-state index contributed by atoms with van der Waals surface area (Å²) in [6, 6.07) is 12.1. The van der Waals surface area contributed by atoms with E-state index in [1.165, 1.54) is 4.68 Å². The van der Waals surface area contributed by atoms with E-state index in [4.69, 9.17) is 11.6 Å². The van der Waals surface area contributed by atoms with Crippen LogP contribution in [0.15, 0.2) is 46.9 Å². The third kappa shape index (κ3) is 4.60. The maximum Gasteiger partial charge on any atom is 0.328 e. The minimum absolute atomic E-state index is 0.146. The molecular weight excluding hydrogens is 460 g/mol. The normalized spacial score (nSPS) is 10.6. The number of nitrogens with zero attached hydrogens (tertiary/aromatic N) is 1. The molecule has 0 unspecified atom stereocenters. The van der Waals surface area contributed by atoms with Gasteiger partial charge in [0.15, 0.2) is 0 Å². The van der Waals surface area contributed by atoms with Crippen LogP contribution in [0.1, 0.15) is 23.0 Å². The molecule has 1 heterocycles. The number of anilines is 1. The van der Waals surface area contributed by atoms with E-state index in [1.807, 2.05) is 19.1 Å². The number of benzene rings is 2. The molecule has 3 aromatic rings. The first-order valence-corrected chi connectivity index (χ1v) is 9.95. The molecular formula is C20H18BrClN4O3. The van der Waals surface area contributed by atoms with E-state index in [2.05, 4.69) is 32.0 Å². The van der Waals surface area contributed by atoms with Crippen LogP contribution in [0.5, 0.6) is 0 Å². The van der Waals surface area contributed by atoms with Gasteiger partial charge in [0.1, 0.15) is 5.69 Å². The van der Waals surface area contributed by atoms with E-state index in [-0.39, 0.29) is 5.69 Å². The Balaban J connectivity index is 2.00. The zero-order valence-corrected chi connectivity index (χ0v) is 18.0. The van der Waals surface area contributed by atoms with Gasteiger partial charge in [-0.3, -0.25) is 19.8 Å². The van der Waals surface area contributed by atoms with E-state index < -0.39 is 17.7 Å². The number of carbonyl (C=O) groups excluding carboxylic acids is 3. The number of halogens is 2. The molecule has 9 heteroatoms. The highest BCUT2D eigenvalue weighted by Gasteiger charge is 2.21. The van der Waals surface area contributed by atoms with Crippen LogP contribution < -0.4 is 16.1 Å². The predicted molar refractivity (Wildman–Crippen MR) is 117 cm³/mol. The van der Waals surface area contributed by atoms with Crippen LogP contribution in [-0.2, 0) is 9.59 Å². The van der Waals surface area contributed by atoms with Gasteiger partial charge >= 0.3 is 11.8 Å². The fourth-order valence-electron chi connectivity index (χ4n) is 2.77. The van der Waals surface area contributed by atoms with Gasteiger partial charge in [0.2, 0.25) is 0 Å². The first kappa shape index (κ1) is 20.9. The number of aryl methyl sites for hydroxylation is 1.